The predicted molar refractivity (Wildman–Crippen MR) is 408 cm³/mol. The maximum Gasteiger partial charge on any atom is 0.421 e. The van der Waals surface area contributed by atoms with E-state index in [1.807, 2.05) is 10.9 Å². The molecular weight excluding hydrogens is 1560 g/mol. The fourth-order valence-corrected chi connectivity index (χ4v) is 8.64. The van der Waals surface area contributed by atoms with Gasteiger partial charge in [-0.2, -0.15) is 0 Å². The van der Waals surface area contributed by atoms with Gasteiger partial charge in [0.05, 0.1) is 191 Å². The quantitative estimate of drug-likeness (QED) is 0.00735. The minimum absolute atomic E-state index is 0. The number of carbonyl (C=O) groups excluding carboxylic acids is 16. The number of amides is 11. The highest BCUT2D eigenvalue weighted by Crippen LogP contribution is 2.13. The standard InChI is InChI=1S/C25H41N3O10.C23H33N3O11.C19H32N4O8.C5H12N2O2.ClH/c1-25(2,3)38-24(33)19-27-21(30)7-10-34-12-14-36-16-17-37-15-13-35-11-8-26-18-20(29)6-9-28-22(31)4-5-23(28)32;27-18(5-8-25-19(28)1-2-20(25)29)17-24-7-10-34-12-14-36-16-15-35-13-11-33-9-6-23(32)37-26-21(30)3-4-22(26)31;20-22-17(25)4-7-28-9-11-30-13-14-31-12-10-29-8-5-21-15-16(24)3-6-23-18(26)1-2-19(23)27;1-5(2,3)9-4(8)7-6;/h4-5,26H,6-19H2,1-3H3,(H,27,30);1-2,24H,3-17H2;1-2,21H,3-15,20H2,(H,22,25);6H2,1-3H3,(H,7,8);1H. The van der Waals surface area contributed by atoms with E-state index in [0.29, 0.717) is 163 Å². The Morgan fingerprint density at radius 1 is 0.336 bits per heavy atom. The topological polar surface area (TPSA) is 549 Å². The van der Waals surface area contributed by atoms with Crippen molar-refractivity contribution in [2.45, 2.75) is 104 Å². The van der Waals surface area contributed by atoms with E-state index in [0.717, 1.165) is 14.7 Å². The maximum atomic E-state index is 11.8. The lowest BCUT2D eigenvalue weighted by Crippen LogP contribution is -2.36. The molecule has 0 saturated carbocycles. The number of esters is 1. The van der Waals surface area contributed by atoms with Gasteiger partial charge in [-0.1, -0.05) is 0 Å². The Kier molecular flexibility index (Phi) is 62.6. The molecule has 1 fully saturated rings. The maximum absolute atomic E-state index is 11.8. The molecule has 0 radical (unpaired) electrons. The highest BCUT2D eigenvalue weighted by Gasteiger charge is 2.33. The van der Waals surface area contributed by atoms with Crippen LogP contribution >= 0.6 is 12.4 Å². The monoisotopic (exact) mass is 1680 g/mol. The van der Waals surface area contributed by atoms with Crippen LogP contribution in [0.25, 0.3) is 0 Å². The van der Waals surface area contributed by atoms with Crippen LogP contribution in [0.1, 0.15) is 92.9 Å². The van der Waals surface area contributed by atoms with Crippen LogP contribution in [0.3, 0.4) is 0 Å². The summed E-state index contributed by atoms with van der Waals surface area (Å²) in [6, 6.07) is 0. The smallest absolute Gasteiger partial charge is 0.421 e. The highest BCUT2D eigenvalue weighted by atomic mass is 35.5. The molecule has 0 spiro atoms. The lowest BCUT2D eigenvalue weighted by molar-refractivity contribution is -0.198. The van der Waals surface area contributed by atoms with Gasteiger partial charge in [-0.3, -0.25) is 92.7 Å². The zero-order valence-corrected chi connectivity index (χ0v) is 68.0. The van der Waals surface area contributed by atoms with Gasteiger partial charge in [0.1, 0.15) is 35.1 Å². The molecule has 1 saturated heterocycles. The van der Waals surface area contributed by atoms with Gasteiger partial charge in [-0.05, 0) is 41.5 Å². The zero-order valence-electron chi connectivity index (χ0n) is 67.2. The van der Waals surface area contributed by atoms with Crippen LogP contribution in [0, 0.1) is 0 Å². The molecule has 4 aliphatic rings. The number of rotatable bonds is 63. The number of imide groups is 4. The minimum atomic E-state index is -0.715. The molecular formula is C72H119ClN12O31. The first kappa shape index (κ1) is 108. The van der Waals surface area contributed by atoms with Gasteiger partial charge in [0.25, 0.3) is 47.3 Å². The Morgan fingerprint density at radius 3 is 0.871 bits per heavy atom. The molecule has 4 aliphatic heterocycles. The molecule has 43 nitrogen and oxygen atoms in total. The fourth-order valence-electron chi connectivity index (χ4n) is 8.64. The Bertz CT molecular complexity index is 3010. The van der Waals surface area contributed by atoms with Crippen LogP contribution in [0.4, 0.5) is 4.79 Å². The molecule has 10 N–H and O–H groups in total. The lowest BCUT2D eigenvalue weighted by Gasteiger charge is -2.19. The summed E-state index contributed by atoms with van der Waals surface area (Å²) in [7, 11) is 0. The van der Waals surface area contributed by atoms with Gasteiger partial charge in [0, 0.05) is 114 Å². The number of nitrogens with one attached hydrogen (secondary N) is 6. The van der Waals surface area contributed by atoms with Crippen molar-refractivity contribution in [3.63, 3.8) is 0 Å². The van der Waals surface area contributed by atoms with Crippen LogP contribution < -0.4 is 43.8 Å². The Balaban J connectivity index is 0.00000162. The van der Waals surface area contributed by atoms with Gasteiger partial charge >= 0.3 is 18.0 Å². The Hall–Kier alpha value is -8.45. The summed E-state index contributed by atoms with van der Waals surface area (Å²) >= 11 is 0. The van der Waals surface area contributed by atoms with Gasteiger partial charge in [0.15, 0.2) is 0 Å². The SMILES string of the molecule is CC(C)(C)OC(=O)CNC(=O)CCOCCOCCOCCOCCNCC(=O)CCN1C(=O)C=CC1=O.CC(C)(C)OC(=O)NN.Cl.NNC(=O)CCOCCOCCOCCOCCNCC(=O)CCN1C(=O)C=CC1=O.O=C(CCN1C(=O)C=CC1=O)CNCCOCCOCCOCCOCCC(=O)ON1C(=O)CCC1=O. The van der Waals surface area contributed by atoms with Crippen LogP contribution in [0.15, 0.2) is 36.5 Å². The summed E-state index contributed by atoms with van der Waals surface area (Å²) in [5, 5.41) is 11.8. The van der Waals surface area contributed by atoms with E-state index in [4.69, 9.17) is 82.8 Å². The molecule has 0 aliphatic carbocycles. The molecule has 44 heteroatoms. The van der Waals surface area contributed by atoms with Crippen molar-refractivity contribution >= 4 is 107 Å². The normalized spacial score (nSPS) is 13.6. The van der Waals surface area contributed by atoms with E-state index in [1.165, 1.54) is 36.5 Å². The zero-order chi connectivity index (χ0) is 85.3. The number of hydrazine groups is 2. The Morgan fingerprint density at radius 2 is 0.603 bits per heavy atom. The summed E-state index contributed by atoms with van der Waals surface area (Å²) in [5.41, 5.74) is 2.82. The van der Waals surface area contributed by atoms with Crippen molar-refractivity contribution in [2.24, 2.45) is 11.7 Å². The molecule has 116 heavy (non-hydrogen) atoms. The van der Waals surface area contributed by atoms with Gasteiger partial charge in [-0.25, -0.2) is 21.3 Å². The molecule has 0 atom stereocenters. The second-order valence-electron chi connectivity index (χ2n) is 26.1. The van der Waals surface area contributed by atoms with Crippen LogP contribution in [0.2, 0.25) is 0 Å². The molecule has 0 unspecified atom stereocenters. The average Bonchev–Trinajstić information content (AvgIpc) is 1.80. The third kappa shape index (κ3) is 60.1. The first-order valence-electron chi connectivity index (χ1n) is 37.4. The molecule has 4 rings (SSSR count). The number of hydrogen-bond acceptors (Lipinski definition) is 36. The van der Waals surface area contributed by atoms with Gasteiger partial charge in [-0.15, -0.1) is 17.5 Å². The first-order valence-corrected chi connectivity index (χ1v) is 37.4. The van der Waals surface area contributed by atoms with E-state index in [-0.39, 0.29) is 182 Å². The van der Waals surface area contributed by atoms with Crippen molar-refractivity contribution in [3.8, 4) is 0 Å². The summed E-state index contributed by atoms with van der Waals surface area (Å²) < 4.78 is 73.9. The molecule has 0 aromatic carbocycles. The molecule has 11 amide bonds. The van der Waals surface area contributed by atoms with Crippen LogP contribution in [0.5, 0.6) is 0 Å². The number of ether oxygens (including phenoxy) is 14. The number of Topliss-reactive ketones (excluding diaryl/α,β-unsaturated/α-hetero) is 3. The lowest BCUT2D eigenvalue weighted by atomic mass is 10.2. The average molecular weight is 1680 g/mol. The minimum Gasteiger partial charge on any atom is -0.459 e. The molecule has 0 bridgehead atoms. The van der Waals surface area contributed by atoms with E-state index in [1.54, 1.807) is 41.5 Å². The Labute approximate surface area is 680 Å². The number of carbonyl (C=O) groups is 16. The number of ketones is 3. The highest BCUT2D eigenvalue weighted by molar-refractivity contribution is 6.14. The van der Waals surface area contributed by atoms with Crippen LogP contribution in [-0.2, 0) is 143 Å². The number of nitrogens with zero attached hydrogens (tertiary/aromatic N) is 4. The molecule has 660 valence electrons. The van der Waals surface area contributed by atoms with Crippen LogP contribution in [-0.4, -0.2) is 349 Å². The second-order valence-corrected chi connectivity index (χ2v) is 26.1. The summed E-state index contributed by atoms with van der Waals surface area (Å²) in [6.45, 7) is 21.3. The van der Waals surface area contributed by atoms with E-state index in [9.17, 15) is 76.7 Å². The fraction of sp³-hybridized carbons (Fsp3) is 0.694. The molecule has 4 heterocycles. The van der Waals surface area contributed by atoms with Gasteiger partial charge in [0.2, 0.25) is 11.8 Å². The second kappa shape index (κ2) is 67.6. The molecule has 0 aromatic rings. The van der Waals surface area contributed by atoms with Crippen molar-refractivity contribution in [1.29, 1.82) is 0 Å². The number of hydroxylamine groups is 2. The van der Waals surface area contributed by atoms with E-state index < -0.39 is 52.9 Å². The number of nitrogens with two attached hydrogens (primary N) is 2. The molecule has 0 aromatic heterocycles. The summed E-state index contributed by atoms with van der Waals surface area (Å²) in [4.78, 5) is 190. The van der Waals surface area contributed by atoms with Crippen molar-refractivity contribution in [1.82, 2.24) is 51.9 Å². The third-order valence-corrected chi connectivity index (χ3v) is 14.3. The number of halogens is 1. The van der Waals surface area contributed by atoms with Crippen molar-refractivity contribution < 1.29 is 148 Å². The largest absolute Gasteiger partial charge is 0.459 e. The summed E-state index contributed by atoms with van der Waals surface area (Å²) in [5.74, 6) is 4.28. The van der Waals surface area contributed by atoms with E-state index >= 15 is 0 Å². The van der Waals surface area contributed by atoms with Crippen molar-refractivity contribution in [2.75, 3.05) is 224 Å². The van der Waals surface area contributed by atoms with Crippen molar-refractivity contribution in [3.05, 3.63) is 36.5 Å². The predicted octanol–water partition coefficient (Wildman–Crippen LogP) is -3.39. The first-order chi connectivity index (χ1) is 55.0. The number of hydrogen-bond donors (Lipinski definition) is 8. The summed E-state index contributed by atoms with van der Waals surface area (Å²) in [6.07, 6.45) is 7.26. The third-order valence-electron chi connectivity index (χ3n) is 14.3. The van der Waals surface area contributed by atoms with Gasteiger partial charge < -0.3 is 92.4 Å². The van der Waals surface area contributed by atoms with E-state index in [2.05, 4.69) is 21.3 Å².